The zero-order chi connectivity index (χ0) is 10.8. The van der Waals surface area contributed by atoms with E-state index in [4.69, 9.17) is 0 Å². The van der Waals surface area contributed by atoms with Crippen LogP contribution in [0.3, 0.4) is 0 Å². The predicted octanol–water partition coefficient (Wildman–Crippen LogP) is 2.18. The van der Waals surface area contributed by atoms with Crippen LogP contribution < -0.4 is 5.32 Å². The van der Waals surface area contributed by atoms with E-state index in [2.05, 4.69) is 17.3 Å². The van der Waals surface area contributed by atoms with Crippen LogP contribution in [0, 0.1) is 12.8 Å². The minimum atomic E-state index is 0.485. The first-order valence-electron chi connectivity index (χ1n) is 5.88. The minimum Gasteiger partial charge on any atom is -0.313 e. The number of aromatic nitrogens is 2. The largest absolute Gasteiger partial charge is 0.313 e. The van der Waals surface area contributed by atoms with Crippen LogP contribution in [0.15, 0.2) is 6.20 Å². The van der Waals surface area contributed by atoms with Gasteiger partial charge in [-0.25, -0.2) is 0 Å². The van der Waals surface area contributed by atoms with Crippen LogP contribution in [0.2, 0.25) is 0 Å². The fourth-order valence-electron chi connectivity index (χ4n) is 2.12. The van der Waals surface area contributed by atoms with E-state index in [-0.39, 0.29) is 0 Å². The molecule has 15 heavy (non-hydrogen) atoms. The lowest BCUT2D eigenvalue weighted by Crippen LogP contribution is -2.17. The molecule has 84 valence electrons. The molecule has 1 unspecified atom stereocenters. The molecule has 1 aliphatic rings. The van der Waals surface area contributed by atoms with Crippen molar-refractivity contribution in [1.29, 1.82) is 0 Å². The van der Waals surface area contributed by atoms with Gasteiger partial charge in [0.15, 0.2) is 0 Å². The van der Waals surface area contributed by atoms with Gasteiger partial charge in [-0.2, -0.15) is 5.10 Å². The van der Waals surface area contributed by atoms with Crippen molar-refractivity contribution in [2.45, 2.75) is 38.6 Å². The van der Waals surface area contributed by atoms with Crippen molar-refractivity contribution in [3.8, 4) is 0 Å². The van der Waals surface area contributed by atoms with E-state index in [1.165, 1.54) is 36.9 Å². The highest BCUT2D eigenvalue weighted by molar-refractivity contribution is 5.20. The topological polar surface area (TPSA) is 29.9 Å². The van der Waals surface area contributed by atoms with Crippen LogP contribution >= 0.6 is 0 Å². The summed E-state index contributed by atoms with van der Waals surface area (Å²) in [7, 11) is 4.05. The summed E-state index contributed by atoms with van der Waals surface area (Å²) >= 11 is 0. The monoisotopic (exact) mass is 207 g/mol. The Morgan fingerprint density at radius 1 is 1.60 bits per heavy atom. The Morgan fingerprint density at radius 3 is 2.80 bits per heavy atom. The molecule has 0 saturated heterocycles. The Kier molecular flexibility index (Phi) is 3.10. The van der Waals surface area contributed by atoms with Gasteiger partial charge in [-0.05, 0) is 32.7 Å². The lowest BCUT2D eigenvalue weighted by molar-refractivity contribution is 0.503. The summed E-state index contributed by atoms with van der Waals surface area (Å²) in [6.07, 6.45) is 7.50. The van der Waals surface area contributed by atoms with Gasteiger partial charge in [0.25, 0.3) is 0 Å². The third-order valence-corrected chi connectivity index (χ3v) is 3.56. The van der Waals surface area contributed by atoms with Crippen molar-refractivity contribution < 1.29 is 0 Å². The van der Waals surface area contributed by atoms with Gasteiger partial charge in [0, 0.05) is 24.3 Å². The third-order valence-electron chi connectivity index (χ3n) is 3.56. The Hall–Kier alpha value is -0.830. The average Bonchev–Trinajstić information content (AvgIpc) is 3.00. The molecule has 0 aliphatic heterocycles. The maximum atomic E-state index is 4.30. The molecule has 1 atom stereocenters. The first kappa shape index (κ1) is 10.7. The lowest BCUT2D eigenvalue weighted by Gasteiger charge is -2.15. The fraction of sp³-hybridized carbons (Fsp3) is 0.750. The molecular formula is C12H21N3. The van der Waals surface area contributed by atoms with Gasteiger partial charge in [0.1, 0.15) is 0 Å². The fourth-order valence-corrected chi connectivity index (χ4v) is 2.12. The van der Waals surface area contributed by atoms with Gasteiger partial charge in [-0.3, -0.25) is 4.68 Å². The standard InChI is InChI=1S/C12H21N3/c1-9-11(8-14-15(9)3)12(13-2)7-6-10-4-5-10/h8,10,12-13H,4-7H2,1-3H3. The molecule has 3 nitrogen and oxygen atoms in total. The summed E-state index contributed by atoms with van der Waals surface area (Å²) in [5, 5.41) is 7.71. The van der Waals surface area contributed by atoms with E-state index >= 15 is 0 Å². The molecular weight excluding hydrogens is 186 g/mol. The smallest absolute Gasteiger partial charge is 0.0540 e. The molecule has 2 rings (SSSR count). The SMILES string of the molecule is CNC(CCC1CC1)c1cnn(C)c1C. The van der Waals surface area contributed by atoms with Crippen molar-refractivity contribution in [2.24, 2.45) is 13.0 Å². The molecule has 0 amide bonds. The molecule has 0 bridgehead atoms. The third kappa shape index (κ3) is 2.40. The van der Waals surface area contributed by atoms with Gasteiger partial charge in [0.05, 0.1) is 6.20 Å². The Labute approximate surface area is 91.9 Å². The summed E-state index contributed by atoms with van der Waals surface area (Å²) < 4.78 is 1.96. The van der Waals surface area contributed by atoms with Crippen molar-refractivity contribution in [2.75, 3.05) is 7.05 Å². The van der Waals surface area contributed by atoms with Crippen molar-refractivity contribution >= 4 is 0 Å². The number of rotatable bonds is 5. The first-order valence-corrected chi connectivity index (χ1v) is 5.88. The predicted molar refractivity (Wildman–Crippen MR) is 61.7 cm³/mol. The van der Waals surface area contributed by atoms with E-state index < -0.39 is 0 Å². The van der Waals surface area contributed by atoms with E-state index in [1.807, 2.05) is 25.0 Å². The van der Waals surface area contributed by atoms with Gasteiger partial charge in [-0.1, -0.05) is 12.8 Å². The van der Waals surface area contributed by atoms with Gasteiger partial charge in [-0.15, -0.1) is 0 Å². The first-order chi connectivity index (χ1) is 7.22. The molecule has 1 aromatic heterocycles. The second kappa shape index (κ2) is 4.35. The van der Waals surface area contributed by atoms with Crippen LogP contribution in [0.25, 0.3) is 0 Å². The zero-order valence-electron chi connectivity index (χ0n) is 9.95. The number of hydrogen-bond acceptors (Lipinski definition) is 2. The highest BCUT2D eigenvalue weighted by Gasteiger charge is 2.23. The number of hydrogen-bond donors (Lipinski definition) is 1. The highest BCUT2D eigenvalue weighted by Crippen LogP contribution is 2.36. The van der Waals surface area contributed by atoms with E-state index in [0.29, 0.717) is 6.04 Å². The Balaban J connectivity index is 2.00. The summed E-state index contributed by atoms with van der Waals surface area (Å²) in [5.74, 6) is 1.01. The zero-order valence-corrected chi connectivity index (χ0v) is 9.95. The molecule has 1 saturated carbocycles. The van der Waals surface area contributed by atoms with Crippen molar-refractivity contribution in [3.05, 3.63) is 17.5 Å². The second-order valence-electron chi connectivity index (χ2n) is 4.67. The van der Waals surface area contributed by atoms with Gasteiger partial charge < -0.3 is 5.32 Å². The second-order valence-corrected chi connectivity index (χ2v) is 4.67. The quantitative estimate of drug-likeness (QED) is 0.802. The Bertz CT molecular complexity index is 326. The molecule has 1 aliphatic carbocycles. The number of aryl methyl sites for hydroxylation is 1. The summed E-state index contributed by atoms with van der Waals surface area (Å²) in [6, 6.07) is 0.485. The molecule has 1 fully saturated rings. The summed E-state index contributed by atoms with van der Waals surface area (Å²) in [4.78, 5) is 0. The van der Waals surface area contributed by atoms with Crippen LogP contribution in [-0.4, -0.2) is 16.8 Å². The molecule has 1 heterocycles. The molecule has 1 N–H and O–H groups in total. The average molecular weight is 207 g/mol. The maximum Gasteiger partial charge on any atom is 0.0540 e. The molecule has 0 aromatic carbocycles. The highest BCUT2D eigenvalue weighted by atomic mass is 15.3. The summed E-state index contributed by atoms with van der Waals surface area (Å²) in [5.41, 5.74) is 2.64. The van der Waals surface area contributed by atoms with Gasteiger partial charge >= 0.3 is 0 Å². The van der Waals surface area contributed by atoms with E-state index in [1.54, 1.807) is 0 Å². The number of nitrogens with one attached hydrogen (secondary N) is 1. The maximum absolute atomic E-state index is 4.30. The van der Waals surface area contributed by atoms with Crippen LogP contribution in [0.4, 0.5) is 0 Å². The van der Waals surface area contributed by atoms with Gasteiger partial charge in [0.2, 0.25) is 0 Å². The Morgan fingerprint density at radius 2 is 2.33 bits per heavy atom. The number of nitrogens with zero attached hydrogens (tertiary/aromatic N) is 2. The normalized spacial score (nSPS) is 18.1. The molecule has 1 aromatic rings. The lowest BCUT2D eigenvalue weighted by atomic mass is 10.0. The molecule has 0 spiro atoms. The van der Waals surface area contributed by atoms with Crippen LogP contribution in [0.5, 0.6) is 0 Å². The van der Waals surface area contributed by atoms with Crippen molar-refractivity contribution in [1.82, 2.24) is 15.1 Å². The van der Waals surface area contributed by atoms with E-state index in [9.17, 15) is 0 Å². The molecule has 3 heteroatoms. The van der Waals surface area contributed by atoms with Crippen molar-refractivity contribution in [3.63, 3.8) is 0 Å². The van der Waals surface area contributed by atoms with Crippen LogP contribution in [0.1, 0.15) is 43.0 Å². The molecule has 0 radical (unpaired) electrons. The minimum absolute atomic E-state index is 0.485. The van der Waals surface area contributed by atoms with E-state index in [0.717, 1.165) is 5.92 Å². The van der Waals surface area contributed by atoms with Crippen LogP contribution in [-0.2, 0) is 7.05 Å². The summed E-state index contributed by atoms with van der Waals surface area (Å²) in [6.45, 7) is 2.14.